The van der Waals surface area contributed by atoms with Gasteiger partial charge in [0.15, 0.2) is 0 Å². The fraction of sp³-hybridized carbons (Fsp3) is 0.692. The van der Waals surface area contributed by atoms with Gasteiger partial charge in [-0.05, 0) is 26.2 Å². The van der Waals surface area contributed by atoms with Crippen LogP contribution in [0.5, 0.6) is 5.88 Å². The Bertz CT molecular complexity index is 421. The van der Waals surface area contributed by atoms with Gasteiger partial charge in [0.25, 0.3) is 0 Å². The van der Waals surface area contributed by atoms with Crippen molar-refractivity contribution in [3.8, 4) is 5.88 Å². The van der Waals surface area contributed by atoms with Gasteiger partial charge < -0.3 is 14.9 Å². The first-order valence-electron chi connectivity index (χ1n) is 6.82. The first-order valence-corrected chi connectivity index (χ1v) is 6.82. The van der Waals surface area contributed by atoms with Crippen LogP contribution in [0.2, 0.25) is 0 Å². The zero-order chi connectivity index (χ0) is 13.7. The molecule has 0 saturated heterocycles. The summed E-state index contributed by atoms with van der Waals surface area (Å²) in [6.45, 7) is 5.80. The number of nitrogens with one attached hydrogen (secondary N) is 1. The topological polar surface area (TPSA) is 82.3 Å². The Hall–Kier alpha value is -1.40. The van der Waals surface area contributed by atoms with E-state index in [2.05, 4.69) is 22.3 Å². The minimum Gasteiger partial charge on any atom is -0.475 e. The number of nitrogen functional groups attached to an aromatic ring is 1. The standard InChI is InChI=1S/C13H22N4O2/c1-3-6-18-7-8-19-13-9(2)11(17-14)15-12(16-13)10-4-5-10/h10H,3-8,14H2,1-2H3,(H,15,16,17). The van der Waals surface area contributed by atoms with Crippen LogP contribution in [-0.4, -0.2) is 29.8 Å². The van der Waals surface area contributed by atoms with Crippen molar-refractivity contribution in [2.24, 2.45) is 5.84 Å². The van der Waals surface area contributed by atoms with Gasteiger partial charge in [0.05, 0.1) is 12.2 Å². The first-order chi connectivity index (χ1) is 9.26. The normalized spacial score (nSPS) is 14.5. The van der Waals surface area contributed by atoms with Crippen LogP contribution < -0.4 is 16.0 Å². The molecule has 106 valence electrons. The van der Waals surface area contributed by atoms with Crippen molar-refractivity contribution in [1.29, 1.82) is 0 Å². The minimum atomic E-state index is 0.464. The highest BCUT2D eigenvalue weighted by molar-refractivity contribution is 5.48. The summed E-state index contributed by atoms with van der Waals surface area (Å²) in [6, 6.07) is 0. The van der Waals surface area contributed by atoms with Crippen molar-refractivity contribution >= 4 is 5.82 Å². The second-order valence-corrected chi connectivity index (χ2v) is 4.74. The molecule has 1 saturated carbocycles. The summed E-state index contributed by atoms with van der Waals surface area (Å²) in [4.78, 5) is 8.89. The molecule has 1 fully saturated rings. The van der Waals surface area contributed by atoms with Crippen LogP contribution in [0.3, 0.4) is 0 Å². The van der Waals surface area contributed by atoms with Crippen LogP contribution in [0.4, 0.5) is 5.82 Å². The lowest BCUT2D eigenvalue weighted by Gasteiger charge is -2.12. The van der Waals surface area contributed by atoms with Gasteiger partial charge in [-0.2, -0.15) is 4.98 Å². The van der Waals surface area contributed by atoms with Gasteiger partial charge in [-0.1, -0.05) is 6.92 Å². The summed E-state index contributed by atoms with van der Waals surface area (Å²) >= 11 is 0. The number of hydrogen-bond acceptors (Lipinski definition) is 6. The predicted molar refractivity (Wildman–Crippen MR) is 73.2 cm³/mol. The Balaban J connectivity index is 1.99. The molecular weight excluding hydrogens is 244 g/mol. The summed E-state index contributed by atoms with van der Waals surface area (Å²) in [5.41, 5.74) is 3.44. The number of nitrogens with zero attached hydrogens (tertiary/aromatic N) is 2. The van der Waals surface area contributed by atoms with Crippen LogP contribution in [0, 0.1) is 6.92 Å². The molecule has 0 atom stereocenters. The summed E-state index contributed by atoms with van der Waals surface area (Å²) in [5.74, 6) is 8.01. The average Bonchev–Trinajstić information content (AvgIpc) is 3.24. The summed E-state index contributed by atoms with van der Waals surface area (Å²) in [6.07, 6.45) is 3.30. The molecule has 0 bridgehead atoms. The van der Waals surface area contributed by atoms with E-state index in [1.807, 2.05) is 6.92 Å². The highest BCUT2D eigenvalue weighted by Crippen LogP contribution is 2.39. The quantitative estimate of drug-likeness (QED) is 0.424. The average molecular weight is 266 g/mol. The summed E-state index contributed by atoms with van der Waals surface area (Å²) < 4.78 is 11.1. The molecule has 2 rings (SSSR count). The molecule has 1 aliphatic rings. The maximum absolute atomic E-state index is 5.67. The molecule has 0 aromatic carbocycles. The van der Waals surface area contributed by atoms with Crippen LogP contribution in [0.25, 0.3) is 0 Å². The van der Waals surface area contributed by atoms with Gasteiger partial charge in [0.2, 0.25) is 5.88 Å². The Kier molecular flexibility index (Phi) is 4.93. The van der Waals surface area contributed by atoms with E-state index < -0.39 is 0 Å². The van der Waals surface area contributed by atoms with Crippen molar-refractivity contribution in [3.63, 3.8) is 0 Å². The number of anilines is 1. The summed E-state index contributed by atoms with van der Waals surface area (Å²) in [7, 11) is 0. The van der Waals surface area contributed by atoms with Crippen LogP contribution in [0.15, 0.2) is 0 Å². The lowest BCUT2D eigenvalue weighted by molar-refractivity contribution is 0.0986. The maximum atomic E-state index is 5.67. The zero-order valence-electron chi connectivity index (χ0n) is 11.6. The van der Waals surface area contributed by atoms with E-state index in [9.17, 15) is 0 Å². The zero-order valence-corrected chi connectivity index (χ0v) is 11.6. The number of ether oxygens (including phenoxy) is 2. The minimum absolute atomic E-state index is 0.464. The lowest BCUT2D eigenvalue weighted by atomic mass is 10.3. The Morgan fingerprint density at radius 2 is 2.05 bits per heavy atom. The molecule has 6 nitrogen and oxygen atoms in total. The molecule has 0 radical (unpaired) electrons. The summed E-state index contributed by atoms with van der Waals surface area (Å²) in [5, 5.41) is 0. The third kappa shape index (κ3) is 3.78. The molecule has 0 amide bonds. The van der Waals surface area contributed by atoms with E-state index in [-0.39, 0.29) is 0 Å². The van der Waals surface area contributed by atoms with E-state index in [1.165, 1.54) is 0 Å². The number of nitrogens with two attached hydrogens (primary N) is 1. The molecule has 0 unspecified atom stereocenters. The molecule has 1 aromatic rings. The number of hydrazine groups is 1. The third-order valence-electron chi connectivity index (χ3n) is 3.01. The van der Waals surface area contributed by atoms with Gasteiger partial charge in [0, 0.05) is 12.5 Å². The molecule has 0 spiro atoms. The van der Waals surface area contributed by atoms with Gasteiger partial charge >= 0.3 is 0 Å². The second-order valence-electron chi connectivity index (χ2n) is 4.74. The third-order valence-corrected chi connectivity index (χ3v) is 3.01. The number of rotatable bonds is 8. The Morgan fingerprint density at radius 3 is 2.68 bits per heavy atom. The van der Waals surface area contributed by atoms with E-state index in [4.69, 9.17) is 15.3 Å². The SMILES string of the molecule is CCCOCCOc1nc(C2CC2)nc(NN)c1C. The maximum Gasteiger partial charge on any atom is 0.221 e. The molecule has 6 heteroatoms. The molecule has 1 heterocycles. The van der Waals surface area contributed by atoms with Gasteiger partial charge in [-0.15, -0.1) is 0 Å². The molecule has 0 aliphatic heterocycles. The number of hydrogen-bond donors (Lipinski definition) is 2. The van der Waals surface area contributed by atoms with Crippen molar-refractivity contribution in [2.75, 3.05) is 25.2 Å². The molecule has 3 N–H and O–H groups in total. The van der Waals surface area contributed by atoms with Gasteiger partial charge in [0.1, 0.15) is 18.2 Å². The lowest BCUT2D eigenvalue weighted by Crippen LogP contribution is -2.15. The molecular formula is C13H22N4O2. The van der Waals surface area contributed by atoms with E-state index in [0.717, 1.165) is 37.3 Å². The van der Waals surface area contributed by atoms with Crippen molar-refractivity contribution < 1.29 is 9.47 Å². The van der Waals surface area contributed by atoms with Gasteiger partial charge in [-0.3, -0.25) is 0 Å². The van der Waals surface area contributed by atoms with E-state index >= 15 is 0 Å². The van der Waals surface area contributed by atoms with Crippen LogP contribution in [-0.2, 0) is 4.74 Å². The monoisotopic (exact) mass is 266 g/mol. The first kappa shape index (κ1) is 14.0. The second kappa shape index (κ2) is 6.68. The highest BCUT2D eigenvalue weighted by atomic mass is 16.5. The smallest absolute Gasteiger partial charge is 0.221 e. The van der Waals surface area contributed by atoms with Crippen LogP contribution in [0.1, 0.15) is 43.5 Å². The fourth-order valence-corrected chi connectivity index (χ4v) is 1.76. The highest BCUT2D eigenvalue weighted by Gasteiger charge is 2.28. The Morgan fingerprint density at radius 1 is 1.26 bits per heavy atom. The fourth-order valence-electron chi connectivity index (χ4n) is 1.76. The number of aromatic nitrogens is 2. The molecule has 1 aromatic heterocycles. The largest absolute Gasteiger partial charge is 0.475 e. The molecule has 19 heavy (non-hydrogen) atoms. The van der Waals surface area contributed by atoms with Crippen molar-refractivity contribution in [1.82, 2.24) is 9.97 Å². The Labute approximate surface area is 113 Å². The van der Waals surface area contributed by atoms with E-state index in [0.29, 0.717) is 30.8 Å². The van der Waals surface area contributed by atoms with Crippen molar-refractivity contribution in [2.45, 2.75) is 39.0 Å². The predicted octanol–water partition coefficient (Wildman–Crippen LogP) is 1.75. The van der Waals surface area contributed by atoms with Gasteiger partial charge in [-0.25, -0.2) is 10.8 Å². The van der Waals surface area contributed by atoms with Crippen molar-refractivity contribution in [3.05, 3.63) is 11.4 Å². The van der Waals surface area contributed by atoms with E-state index in [1.54, 1.807) is 0 Å². The molecule has 1 aliphatic carbocycles. The van der Waals surface area contributed by atoms with Crippen LogP contribution >= 0.6 is 0 Å².